The molecule has 0 aliphatic rings. The molecule has 0 saturated heterocycles. The van der Waals surface area contributed by atoms with Gasteiger partial charge in [-0.05, 0) is 60.3 Å². The molecule has 1 aromatic heterocycles. The van der Waals surface area contributed by atoms with Crippen molar-refractivity contribution in [3.05, 3.63) is 25.3 Å². The van der Waals surface area contributed by atoms with Gasteiger partial charge >= 0.3 is 0 Å². The third-order valence-corrected chi connectivity index (χ3v) is 7.32. The number of halogens is 3. The number of anilines is 1. The van der Waals surface area contributed by atoms with Gasteiger partial charge in [0.25, 0.3) is 0 Å². The number of thioether (sulfide) groups is 1. The number of amides is 1. The van der Waals surface area contributed by atoms with Crippen molar-refractivity contribution in [3.63, 3.8) is 0 Å². The number of hydrogen-bond donors (Lipinski definition) is 2. The monoisotopic (exact) mass is 554 g/mol. The first kappa shape index (κ1) is 20.7. The number of rotatable bonds is 8. The Morgan fingerprint density at radius 3 is 2.80 bits per heavy atom. The zero-order chi connectivity index (χ0) is 18.4. The van der Waals surface area contributed by atoms with Crippen molar-refractivity contribution in [3.8, 4) is 5.75 Å². The van der Waals surface area contributed by atoms with E-state index in [1.807, 2.05) is 0 Å². The van der Waals surface area contributed by atoms with Crippen molar-refractivity contribution >= 4 is 71.1 Å². The van der Waals surface area contributed by atoms with E-state index in [0.717, 1.165) is 38.5 Å². The molecule has 1 aromatic carbocycles. The number of aryl methyl sites for hydroxylation is 1. The predicted molar refractivity (Wildman–Crippen MR) is 110 cm³/mol. The van der Waals surface area contributed by atoms with E-state index in [2.05, 4.69) is 75.2 Å². The van der Waals surface area contributed by atoms with E-state index in [1.165, 1.54) is 11.8 Å². The second kappa shape index (κ2) is 9.94. The van der Waals surface area contributed by atoms with E-state index in [0.29, 0.717) is 16.6 Å². The van der Waals surface area contributed by atoms with Gasteiger partial charge in [-0.3, -0.25) is 9.89 Å². The average molecular weight is 557 g/mol. The van der Waals surface area contributed by atoms with Crippen molar-refractivity contribution in [1.29, 1.82) is 0 Å². The summed E-state index contributed by atoms with van der Waals surface area (Å²) in [4.78, 5) is 16.6. The number of nitrogens with zero attached hydrogens (tertiary/aromatic N) is 2. The second-order valence-corrected chi connectivity index (χ2v) is 8.46. The van der Waals surface area contributed by atoms with Crippen LogP contribution in [-0.2, 0) is 11.2 Å². The lowest BCUT2D eigenvalue weighted by Gasteiger charge is -2.14. The minimum Gasteiger partial charge on any atom is -0.493 e. The van der Waals surface area contributed by atoms with Crippen LogP contribution in [0.15, 0.2) is 24.6 Å². The number of methoxy groups -OCH3 is 1. The Kier molecular flexibility index (Phi) is 8.24. The lowest BCUT2D eigenvalue weighted by molar-refractivity contribution is -0.113. The van der Waals surface area contributed by atoms with Gasteiger partial charge in [-0.25, -0.2) is 4.98 Å². The third kappa shape index (κ3) is 5.70. The highest BCUT2D eigenvalue weighted by Gasteiger charge is 2.17. The van der Waals surface area contributed by atoms with Crippen LogP contribution in [0.3, 0.4) is 0 Å². The number of aromatic amines is 1. The third-order valence-electron chi connectivity index (χ3n) is 3.21. The fourth-order valence-corrected chi connectivity index (χ4v) is 4.18. The highest BCUT2D eigenvalue weighted by molar-refractivity contribution is 9.14. The molecule has 1 amide bonds. The first-order chi connectivity index (χ1) is 12.0. The van der Waals surface area contributed by atoms with Crippen LogP contribution in [0.2, 0.25) is 0 Å². The molecule has 0 radical (unpaired) electrons. The molecule has 2 aromatic rings. The van der Waals surface area contributed by atoms with Gasteiger partial charge in [0.15, 0.2) is 5.75 Å². The Bertz CT molecular complexity index is 755. The van der Waals surface area contributed by atoms with Crippen LogP contribution < -0.4 is 10.1 Å². The second-order valence-electron chi connectivity index (χ2n) is 5.07. The molecule has 0 spiro atoms. The van der Waals surface area contributed by atoms with Gasteiger partial charge < -0.3 is 10.1 Å². The van der Waals surface area contributed by atoms with Crippen LogP contribution in [0, 0.1) is 0 Å². The summed E-state index contributed by atoms with van der Waals surface area (Å²) in [6.07, 6.45) is 3.03. The summed E-state index contributed by atoms with van der Waals surface area (Å²) in [5.41, 5.74) is 0.577. The Hall–Kier alpha value is -0.580. The quantitative estimate of drug-likeness (QED) is 0.346. The first-order valence-corrected chi connectivity index (χ1v) is 10.9. The summed E-state index contributed by atoms with van der Waals surface area (Å²) in [7, 11) is 1.55. The maximum Gasteiger partial charge on any atom is 0.234 e. The summed E-state index contributed by atoms with van der Waals surface area (Å²) < 4.78 is 7.71. The molecule has 10 heteroatoms. The largest absolute Gasteiger partial charge is 0.493 e. The summed E-state index contributed by atoms with van der Waals surface area (Å²) >= 11 is 11.6. The molecular formula is C15H17Br3N4O2S. The van der Waals surface area contributed by atoms with Gasteiger partial charge in [0.2, 0.25) is 11.1 Å². The van der Waals surface area contributed by atoms with E-state index < -0.39 is 0 Å². The molecule has 1 heterocycles. The molecule has 0 unspecified atom stereocenters. The van der Waals surface area contributed by atoms with Crippen molar-refractivity contribution in [2.75, 3.05) is 18.2 Å². The molecule has 0 aliphatic heterocycles. The Morgan fingerprint density at radius 1 is 1.36 bits per heavy atom. The first-order valence-electron chi connectivity index (χ1n) is 7.51. The Balaban J connectivity index is 1.97. The summed E-state index contributed by atoms with van der Waals surface area (Å²) in [5.74, 6) is 1.45. The number of carbonyl (C=O) groups is 1. The highest BCUT2D eigenvalue weighted by Crippen LogP contribution is 2.43. The summed E-state index contributed by atoms with van der Waals surface area (Å²) in [6.45, 7) is 2.13. The fourth-order valence-electron chi connectivity index (χ4n) is 1.99. The number of benzene rings is 1. The number of H-pyrrole nitrogens is 1. The lowest BCUT2D eigenvalue weighted by atomic mass is 10.2. The zero-order valence-corrected chi connectivity index (χ0v) is 19.2. The smallest absolute Gasteiger partial charge is 0.234 e. The molecule has 0 aliphatic carbocycles. The van der Waals surface area contributed by atoms with Crippen molar-refractivity contribution in [1.82, 2.24) is 15.2 Å². The SMILES string of the molecule is CCCCc1nc(SCC(=O)Nc2cc(Br)c(Br)c(Br)c2OC)n[nH]1. The van der Waals surface area contributed by atoms with E-state index in [4.69, 9.17) is 4.74 Å². The van der Waals surface area contributed by atoms with E-state index >= 15 is 0 Å². The minimum atomic E-state index is -0.163. The molecule has 136 valence electrons. The average Bonchev–Trinajstić information content (AvgIpc) is 3.04. The van der Waals surface area contributed by atoms with Gasteiger partial charge in [-0.1, -0.05) is 25.1 Å². The molecule has 0 bridgehead atoms. The maximum absolute atomic E-state index is 12.2. The van der Waals surface area contributed by atoms with Gasteiger partial charge in [0.05, 0.1) is 23.0 Å². The molecule has 0 atom stereocenters. The van der Waals surface area contributed by atoms with Crippen molar-refractivity contribution < 1.29 is 9.53 Å². The minimum absolute atomic E-state index is 0.163. The van der Waals surface area contributed by atoms with Gasteiger partial charge in [0, 0.05) is 15.4 Å². The number of unbranched alkanes of at least 4 members (excludes halogenated alkanes) is 1. The predicted octanol–water partition coefficient (Wildman–Crippen LogP) is 5.17. The van der Waals surface area contributed by atoms with Gasteiger partial charge in [0.1, 0.15) is 5.82 Å². The lowest BCUT2D eigenvalue weighted by Crippen LogP contribution is -2.15. The molecule has 2 N–H and O–H groups in total. The molecule has 0 saturated carbocycles. The Morgan fingerprint density at radius 2 is 2.12 bits per heavy atom. The standard InChI is InChI=1S/C15H17Br3N4O2S/c1-3-4-5-10-20-15(22-21-10)25-7-11(23)19-9-6-8(16)12(17)13(18)14(9)24-2/h6H,3-5,7H2,1-2H3,(H,19,23)(H,20,21,22). The number of ether oxygens (including phenoxy) is 1. The molecule has 25 heavy (non-hydrogen) atoms. The van der Waals surface area contributed by atoms with Crippen LogP contribution in [0.5, 0.6) is 5.75 Å². The van der Waals surface area contributed by atoms with Gasteiger partial charge in [-0.15, -0.1) is 5.10 Å². The number of nitrogens with one attached hydrogen (secondary N) is 2. The van der Waals surface area contributed by atoms with Crippen LogP contribution in [0.4, 0.5) is 5.69 Å². The van der Waals surface area contributed by atoms with E-state index in [1.54, 1.807) is 13.2 Å². The molecule has 6 nitrogen and oxygen atoms in total. The van der Waals surface area contributed by atoms with E-state index in [-0.39, 0.29) is 11.7 Å². The summed E-state index contributed by atoms with van der Waals surface area (Å²) in [6, 6.07) is 1.78. The zero-order valence-electron chi connectivity index (χ0n) is 13.7. The van der Waals surface area contributed by atoms with Crippen LogP contribution >= 0.6 is 59.6 Å². The topological polar surface area (TPSA) is 79.9 Å². The Labute approximate surface area is 175 Å². The van der Waals surface area contributed by atoms with Crippen molar-refractivity contribution in [2.24, 2.45) is 0 Å². The molecular weight excluding hydrogens is 540 g/mol. The van der Waals surface area contributed by atoms with Crippen LogP contribution in [0.1, 0.15) is 25.6 Å². The molecule has 0 fully saturated rings. The summed E-state index contributed by atoms with van der Waals surface area (Å²) in [5, 5.41) is 10.5. The van der Waals surface area contributed by atoms with Crippen LogP contribution in [-0.4, -0.2) is 34.0 Å². The van der Waals surface area contributed by atoms with Crippen molar-refractivity contribution in [2.45, 2.75) is 31.3 Å². The highest BCUT2D eigenvalue weighted by atomic mass is 79.9. The van der Waals surface area contributed by atoms with Crippen LogP contribution in [0.25, 0.3) is 0 Å². The number of aromatic nitrogens is 3. The normalized spacial score (nSPS) is 10.8. The maximum atomic E-state index is 12.2. The van der Waals surface area contributed by atoms with Gasteiger partial charge in [-0.2, -0.15) is 0 Å². The fraction of sp³-hybridized carbons (Fsp3) is 0.400. The number of carbonyl (C=O) groups excluding carboxylic acids is 1. The van der Waals surface area contributed by atoms with E-state index in [9.17, 15) is 4.79 Å². The molecule has 2 rings (SSSR count). The number of hydrogen-bond acceptors (Lipinski definition) is 5.